The minimum absolute atomic E-state index is 0.919. The van der Waals surface area contributed by atoms with E-state index in [9.17, 15) is 0 Å². The molecule has 0 aliphatic carbocycles. The molecule has 2 rings (SSSR count). The lowest BCUT2D eigenvalue weighted by molar-refractivity contribution is 0.567. The van der Waals surface area contributed by atoms with Gasteiger partial charge in [-0.1, -0.05) is 9.39 Å². The Morgan fingerprint density at radius 1 is 1.06 bits per heavy atom. The van der Waals surface area contributed by atoms with Crippen LogP contribution in [-0.4, -0.2) is 23.1 Å². The Morgan fingerprint density at radius 2 is 1.56 bits per heavy atom. The van der Waals surface area contributed by atoms with Crippen molar-refractivity contribution in [2.24, 2.45) is 5.50 Å². The summed E-state index contributed by atoms with van der Waals surface area (Å²) in [6, 6.07) is 2.02. The molecule has 0 bridgehead atoms. The number of anilines is 1. The fraction of sp³-hybridized carbons (Fsp3) is 0.636. The van der Waals surface area contributed by atoms with Crippen molar-refractivity contribution in [3.05, 3.63) is 17.5 Å². The summed E-state index contributed by atoms with van der Waals surface area (Å²) < 4.78 is 0. The lowest BCUT2D eigenvalue weighted by Crippen LogP contribution is -2.31. The van der Waals surface area contributed by atoms with Crippen LogP contribution in [0.2, 0.25) is 0 Å². The zero-order valence-corrected chi connectivity index (χ0v) is 11.3. The van der Waals surface area contributed by atoms with Crippen molar-refractivity contribution in [2.45, 2.75) is 33.1 Å². The number of nitrogens with two attached hydrogens (primary N) is 1. The fourth-order valence-corrected chi connectivity index (χ4v) is 1.94. The van der Waals surface area contributed by atoms with Crippen LogP contribution < -0.4 is 10.4 Å². The molecule has 2 heterocycles. The van der Waals surface area contributed by atoms with Crippen LogP contribution >= 0.6 is 9.39 Å². The Labute approximate surface area is 99.9 Å². The molecule has 0 amide bonds. The summed E-state index contributed by atoms with van der Waals surface area (Å²) in [6.45, 7) is 6.29. The summed E-state index contributed by atoms with van der Waals surface area (Å²) in [7, 11) is 1.92. The van der Waals surface area contributed by atoms with Gasteiger partial charge in [0.25, 0.3) is 0 Å². The summed E-state index contributed by atoms with van der Waals surface area (Å²) in [6.07, 6.45) is 3.90. The maximum absolute atomic E-state index is 4.47. The van der Waals surface area contributed by atoms with E-state index in [0.29, 0.717) is 0 Å². The van der Waals surface area contributed by atoms with Crippen molar-refractivity contribution in [2.75, 3.05) is 18.0 Å². The largest absolute Gasteiger partial charge is 0.341 e. The van der Waals surface area contributed by atoms with E-state index in [1.165, 1.54) is 19.3 Å². The van der Waals surface area contributed by atoms with E-state index >= 15 is 0 Å². The molecule has 0 radical (unpaired) electrons. The third-order valence-electron chi connectivity index (χ3n) is 2.61. The first-order valence-electron chi connectivity index (χ1n) is 5.66. The highest BCUT2D eigenvalue weighted by Gasteiger charge is 2.13. The number of aromatic nitrogens is 2. The van der Waals surface area contributed by atoms with Crippen LogP contribution in [0.25, 0.3) is 0 Å². The maximum Gasteiger partial charge on any atom is 0.225 e. The first kappa shape index (κ1) is 13.3. The molecule has 2 N–H and O–H groups in total. The molecule has 0 spiro atoms. The smallest absolute Gasteiger partial charge is 0.225 e. The van der Waals surface area contributed by atoms with Gasteiger partial charge in [0, 0.05) is 24.5 Å². The highest BCUT2D eigenvalue weighted by molar-refractivity contribution is 7.13. The summed E-state index contributed by atoms with van der Waals surface area (Å²) in [5.41, 5.74) is 6.55. The van der Waals surface area contributed by atoms with Crippen LogP contribution in [-0.2, 0) is 0 Å². The highest BCUT2D eigenvalue weighted by atomic mass is 31.0. The van der Waals surface area contributed by atoms with Gasteiger partial charge in [-0.25, -0.2) is 9.97 Å². The monoisotopic (exact) mass is 240 g/mol. The molecule has 0 aromatic carbocycles. The lowest BCUT2D eigenvalue weighted by Gasteiger charge is -2.26. The topological polar surface area (TPSA) is 55.0 Å². The van der Waals surface area contributed by atoms with Crippen LogP contribution in [0.4, 0.5) is 5.95 Å². The van der Waals surface area contributed by atoms with E-state index < -0.39 is 0 Å². The third-order valence-corrected chi connectivity index (χ3v) is 2.61. The van der Waals surface area contributed by atoms with Gasteiger partial charge in [-0.05, 0) is 39.2 Å². The molecule has 1 aromatic rings. The summed E-state index contributed by atoms with van der Waals surface area (Å²) in [5.74, 6) is 0.919. The quantitative estimate of drug-likeness (QED) is 0.761. The Bertz CT molecular complexity index is 304. The second kappa shape index (κ2) is 6.77. The van der Waals surface area contributed by atoms with E-state index in [1.54, 1.807) is 0 Å². The second-order valence-electron chi connectivity index (χ2n) is 4.00. The van der Waals surface area contributed by atoms with Crippen molar-refractivity contribution in [1.82, 2.24) is 9.97 Å². The average Bonchev–Trinajstić information content (AvgIpc) is 2.32. The first-order valence-corrected chi connectivity index (χ1v) is 6.33. The van der Waals surface area contributed by atoms with Gasteiger partial charge in [-0.2, -0.15) is 0 Å². The number of aryl methyl sites for hydroxylation is 2. The zero-order chi connectivity index (χ0) is 12.0. The number of rotatable bonds is 1. The highest BCUT2D eigenvalue weighted by Crippen LogP contribution is 2.16. The van der Waals surface area contributed by atoms with E-state index in [1.807, 2.05) is 29.3 Å². The van der Waals surface area contributed by atoms with Gasteiger partial charge in [0.2, 0.25) is 5.95 Å². The van der Waals surface area contributed by atoms with Crippen LogP contribution in [0, 0.1) is 13.8 Å². The zero-order valence-electron chi connectivity index (χ0n) is 10.1. The van der Waals surface area contributed by atoms with Crippen molar-refractivity contribution in [3.63, 3.8) is 0 Å². The minimum Gasteiger partial charge on any atom is -0.341 e. The van der Waals surface area contributed by atoms with E-state index in [2.05, 4.69) is 20.4 Å². The molecule has 1 atom stereocenters. The Kier molecular flexibility index (Phi) is 5.64. The van der Waals surface area contributed by atoms with Crippen LogP contribution in [0.5, 0.6) is 0 Å². The molecule has 1 fully saturated rings. The van der Waals surface area contributed by atoms with E-state index in [-0.39, 0.29) is 0 Å². The van der Waals surface area contributed by atoms with Gasteiger partial charge in [-0.3, -0.25) is 0 Å². The SMILES string of the molecule is Cc1cc(C)nc(N2CCCCC2)n1.NP. The Hall–Kier alpha value is -0.730. The molecule has 1 aromatic heterocycles. The molecule has 4 nitrogen and oxygen atoms in total. The molecule has 1 aliphatic heterocycles. The van der Waals surface area contributed by atoms with Gasteiger partial charge >= 0.3 is 0 Å². The first-order chi connectivity index (χ1) is 7.75. The van der Waals surface area contributed by atoms with Crippen molar-refractivity contribution >= 4 is 15.3 Å². The van der Waals surface area contributed by atoms with Crippen LogP contribution in [0.1, 0.15) is 30.7 Å². The van der Waals surface area contributed by atoms with Crippen molar-refractivity contribution < 1.29 is 0 Å². The standard InChI is InChI=1S/C11H17N3.H4NP/c1-9-8-10(2)13-11(12-9)14-6-4-3-5-7-14;1-2/h8H,3-7H2,1-2H3;1-2H2. The number of nitrogens with zero attached hydrogens (tertiary/aromatic N) is 3. The van der Waals surface area contributed by atoms with Crippen LogP contribution in [0.15, 0.2) is 6.07 Å². The Morgan fingerprint density at radius 3 is 2.06 bits per heavy atom. The molecule has 90 valence electrons. The predicted molar refractivity (Wildman–Crippen MR) is 71.5 cm³/mol. The fourth-order valence-electron chi connectivity index (χ4n) is 1.94. The van der Waals surface area contributed by atoms with Gasteiger partial charge < -0.3 is 10.4 Å². The molecular formula is C11H21N4P. The molecule has 5 heteroatoms. The molecular weight excluding hydrogens is 219 g/mol. The minimum atomic E-state index is 0.919. The molecule has 1 unspecified atom stereocenters. The Balaban J connectivity index is 0.000000606. The van der Waals surface area contributed by atoms with Gasteiger partial charge in [0.15, 0.2) is 0 Å². The van der Waals surface area contributed by atoms with E-state index in [0.717, 1.165) is 30.4 Å². The second-order valence-corrected chi connectivity index (χ2v) is 4.00. The van der Waals surface area contributed by atoms with Gasteiger partial charge in [-0.15, -0.1) is 0 Å². The molecule has 1 aliphatic rings. The summed E-state index contributed by atoms with van der Waals surface area (Å²) in [5, 5.41) is 0. The van der Waals surface area contributed by atoms with Gasteiger partial charge in [0.1, 0.15) is 0 Å². The summed E-state index contributed by atoms with van der Waals surface area (Å²) in [4.78, 5) is 11.2. The van der Waals surface area contributed by atoms with Gasteiger partial charge in [0.05, 0.1) is 0 Å². The normalized spacial score (nSPS) is 15.4. The molecule has 1 saturated heterocycles. The molecule has 16 heavy (non-hydrogen) atoms. The van der Waals surface area contributed by atoms with E-state index in [4.69, 9.17) is 0 Å². The average molecular weight is 240 g/mol. The molecule has 0 saturated carbocycles. The number of hydrogen-bond donors (Lipinski definition) is 1. The van der Waals surface area contributed by atoms with Crippen molar-refractivity contribution in [3.8, 4) is 0 Å². The predicted octanol–water partition coefficient (Wildman–Crippen LogP) is 1.82. The number of hydrogen-bond acceptors (Lipinski definition) is 4. The lowest BCUT2D eigenvalue weighted by atomic mass is 10.1. The van der Waals surface area contributed by atoms with Crippen molar-refractivity contribution in [1.29, 1.82) is 0 Å². The third kappa shape index (κ3) is 3.69. The maximum atomic E-state index is 4.47. The summed E-state index contributed by atoms with van der Waals surface area (Å²) >= 11 is 0. The van der Waals surface area contributed by atoms with Crippen LogP contribution in [0.3, 0.4) is 0 Å². The number of piperidine rings is 1.